The Morgan fingerprint density at radius 1 is 1.47 bits per heavy atom. The number of rotatable bonds is 4. The lowest BCUT2D eigenvalue weighted by Crippen LogP contribution is -2.11. The molecule has 0 aliphatic carbocycles. The summed E-state index contributed by atoms with van der Waals surface area (Å²) in [6.45, 7) is 1.93. The molecule has 1 rings (SSSR count). The van der Waals surface area contributed by atoms with E-state index in [1.807, 2.05) is 6.92 Å². The topological polar surface area (TPSA) is 50.7 Å². The van der Waals surface area contributed by atoms with Crippen molar-refractivity contribution in [2.75, 3.05) is 5.32 Å². The van der Waals surface area contributed by atoms with Crippen molar-refractivity contribution in [1.29, 1.82) is 0 Å². The lowest BCUT2D eigenvalue weighted by Gasteiger charge is -2.02. The Balaban J connectivity index is 2.44. The fourth-order valence-electron chi connectivity index (χ4n) is 1.02. The van der Waals surface area contributed by atoms with E-state index in [1.54, 1.807) is 0 Å². The maximum absolute atomic E-state index is 12.6. The van der Waals surface area contributed by atoms with Gasteiger partial charge in [0.25, 0.3) is 0 Å². The highest BCUT2D eigenvalue weighted by Gasteiger charge is 2.03. The molecule has 0 saturated heterocycles. The molecule has 0 saturated carbocycles. The molecule has 4 nitrogen and oxygen atoms in total. The number of amides is 1. The molecule has 0 radical (unpaired) electrons. The molecule has 1 N–H and O–H groups in total. The first kappa shape index (κ1) is 13.4. The summed E-state index contributed by atoms with van der Waals surface area (Å²) in [5, 5.41) is 6.02. The van der Waals surface area contributed by atoms with Crippen LogP contribution in [0.2, 0.25) is 0 Å². The quantitative estimate of drug-likeness (QED) is 0.508. The molecule has 0 fully saturated rings. The van der Waals surface area contributed by atoms with E-state index in [-0.39, 0.29) is 11.0 Å². The smallest absolute Gasteiger partial charge is 0.297 e. The molecule has 0 aromatic heterocycles. The van der Waals surface area contributed by atoms with Crippen LogP contribution in [0.25, 0.3) is 0 Å². The zero-order valence-electron chi connectivity index (χ0n) is 9.24. The lowest BCUT2D eigenvalue weighted by atomic mass is 10.3. The SMILES string of the molecule is CCC/C(Cl)=N/OC(=O)Nc1ccc(F)cc1. The maximum Gasteiger partial charge on any atom is 0.437 e. The predicted molar refractivity (Wildman–Crippen MR) is 64.7 cm³/mol. The molecule has 0 aliphatic rings. The molecule has 92 valence electrons. The van der Waals surface area contributed by atoms with E-state index in [1.165, 1.54) is 24.3 Å². The average molecular weight is 259 g/mol. The molecule has 0 unspecified atom stereocenters. The van der Waals surface area contributed by atoms with Crippen LogP contribution in [0.4, 0.5) is 14.9 Å². The molecule has 1 aromatic rings. The van der Waals surface area contributed by atoms with Gasteiger partial charge in [-0.05, 0) is 30.7 Å². The Morgan fingerprint density at radius 3 is 2.71 bits per heavy atom. The van der Waals surface area contributed by atoms with Crippen LogP contribution in [0, 0.1) is 5.82 Å². The highest BCUT2D eigenvalue weighted by atomic mass is 35.5. The number of oxime groups is 1. The van der Waals surface area contributed by atoms with Crippen molar-refractivity contribution in [2.24, 2.45) is 5.16 Å². The maximum atomic E-state index is 12.6. The predicted octanol–water partition coefficient (Wildman–Crippen LogP) is 3.73. The van der Waals surface area contributed by atoms with Gasteiger partial charge in [-0.2, -0.15) is 0 Å². The molecule has 0 bridgehead atoms. The Bertz CT molecular complexity index is 406. The van der Waals surface area contributed by atoms with Crippen LogP contribution in [0.1, 0.15) is 19.8 Å². The van der Waals surface area contributed by atoms with Crippen molar-refractivity contribution in [2.45, 2.75) is 19.8 Å². The van der Waals surface area contributed by atoms with Crippen molar-refractivity contribution in [3.05, 3.63) is 30.1 Å². The number of hydrogen-bond acceptors (Lipinski definition) is 3. The number of nitrogens with one attached hydrogen (secondary N) is 1. The van der Waals surface area contributed by atoms with E-state index in [0.29, 0.717) is 12.1 Å². The summed E-state index contributed by atoms with van der Waals surface area (Å²) in [6, 6.07) is 5.27. The molecule has 0 spiro atoms. The van der Waals surface area contributed by atoms with E-state index in [4.69, 9.17) is 11.6 Å². The zero-order chi connectivity index (χ0) is 12.7. The van der Waals surface area contributed by atoms with E-state index >= 15 is 0 Å². The van der Waals surface area contributed by atoms with Crippen molar-refractivity contribution in [3.63, 3.8) is 0 Å². The number of carbonyl (C=O) groups excluding carboxylic acids is 1. The fourth-order valence-corrected chi connectivity index (χ4v) is 1.24. The van der Waals surface area contributed by atoms with Crippen molar-refractivity contribution in [1.82, 2.24) is 0 Å². The molecule has 1 aromatic carbocycles. The summed E-state index contributed by atoms with van der Waals surface area (Å²) in [7, 11) is 0. The summed E-state index contributed by atoms with van der Waals surface area (Å²) in [5.74, 6) is -0.382. The highest BCUT2D eigenvalue weighted by Crippen LogP contribution is 2.08. The fraction of sp³-hybridized carbons (Fsp3) is 0.273. The van der Waals surface area contributed by atoms with Crippen LogP contribution in [0.3, 0.4) is 0 Å². The number of benzene rings is 1. The Labute approximate surface area is 103 Å². The molecule has 17 heavy (non-hydrogen) atoms. The summed E-state index contributed by atoms with van der Waals surface area (Å²) in [5.41, 5.74) is 0.415. The van der Waals surface area contributed by atoms with E-state index in [0.717, 1.165) is 6.42 Å². The minimum atomic E-state index is -0.772. The second-order valence-electron chi connectivity index (χ2n) is 3.23. The second kappa shape index (κ2) is 6.85. The van der Waals surface area contributed by atoms with E-state index < -0.39 is 6.09 Å². The molecule has 0 heterocycles. The molecule has 0 aliphatic heterocycles. The van der Waals surface area contributed by atoms with Gasteiger partial charge >= 0.3 is 6.09 Å². The van der Waals surface area contributed by atoms with Gasteiger partial charge in [-0.25, -0.2) is 9.18 Å². The Kier molecular flexibility index (Phi) is 5.42. The first-order valence-corrected chi connectivity index (χ1v) is 5.45. The third-order valence-electron chi connectivity index (χ3n) is 1.77. The third-order valence-corrected chi connectivity index (χ3v) is 2.03. The number of halogens is 2. The first-order valence-electron chi connectivity index (χ1n) is 5.07. The second-order valence-corrected chi connectivity index (χ2v) is 3.66. The van der Waals surface area contributed by atoms with Gasteiger partial charge in [0.05, 0.1) is 0 Å². The number of nitrogens with zero attached hydrogens (tertiary/aromatic N) is 1. The third kappa shape index (κ3) is 5.31. The van der Waals surface area contributed by atoms with Crippen LogP contribution in [-0.4, -0.2) is 11.3 Å². The lowest BCUT2D eigenvalue weighted by molar-refractivity contribution is 0.166. The average Bonchev–Trinajstić information content (AvgIpc) is 2.30. The standard InChI is InChI=1S/C11H12ClFN2O2/c1-2-3-10(12)15-17-11(16)14-9-6-4-8(13)5-7-9/h4-7H,2-3H2,1H3,(H,14,16)/b15-10-. The van der Waals surface area contributed by atoms with Crippen molar-refractivity contribution >= 4 is 28.6 Å². The summed E-state index contributed by atoms with van der Waals surface area (Å²) in [6.07, 6.45) is 0.585. The van der Waals surface area contributed by atoms with Gasteiger partial charge < -0.3 is 0 Å². The van der Waals surface area contributed by atoms with Gasteiger partial charge in [-0.3, -0.25) is 10.2 Å². The monoisotopic (exact) mass is 258 g/mol. The van der Waals surface area contributed by atoms with Gasteiger partial charge in [0, 0.05) is 12.1 Å². The number of carbonyl (C=O) groups is 1. The van der Waals surface area contributed by atoms with Gasteiger partial charge in [0.15, 0.2) is 0 Å². The Morgan fingerprint density at radius 2 is 2.12 bits per heavy atom. The van der Waals surface area contributed by atoms with Gasteiger partial charge in [0.2, 0.25) is 0 Å². The van der Waals surface area contributed by atoms with Gasteiger partial charge in [-0.15, -0.1) is 0 Å². The highest BCUT2D eigenvalue weighted by molar-refractivity contribution is 6.65. The van der Waals surface area contributed by atoms with E-state index in [9.17, 15) is 9.18 Å². The first-order chi connectivity index (χ1) is 8.11. The van der Waals surface area contributed by atoms with Gasteiger partial charge in [0.1, 0.15) is 11.0 Å². The summed E-state index contributed by atoms with van der Waals surface area (Å²) in [4.78, 5) is 15.7. The van der Waals surface area contributed by atoms with Crippen LogP contribution in [0.5, 0.6) is 0 Å². The van der Waals surface area contributed by atoms with Crippen molar-refractivity contribution in [3.8, 4) is 0 Å². The number of anilines is 1. The van der Waals surface area contributed by atoms with Crippen LogP contribution in [-0.2, 0) is 4.84 Å². The molecule has 6 heteroatoms. The minimum absolute atomic E-state index is 0.224. The number of hydrogen-bond donors (Lipinski definition) is 1. The van der Waals surface area contributed by atoms with Crippen molar-refractivity contribution < 1.29 is 14.0 Å². The minimum Gasteiger partial charge on any atom is -0.297 e. The summed E-state index contributed by atoms with van der Waals surface area (Å²) < 4.78 is 12.6. The molecule has 1 amide bonds. The molecular formula is C11H12ClFN2O2. The van der Waals surface area contributed by atoms with Crippen LogP contribution in [0.15, 0.2) is 29.4 Å². The van der Waals surface area contributed by atoms with Gasteiger partial charge in [-0.1, -0.05) is 23.7 Å². The van der Waals surface area contributed by atoms with Crippen LogP contribution < -0.4 is 5.32 Å². The summed E-state index contributed by atoms with van der Waals surface area (Å²) >= 11 is 5.64. The molecular weight excluding hydrogens is 247 g/mol. The van der Waals surface area contributed by atoms with Crippen LogP contribution >= 0.6 is 11.6 Å². The molecule has 0 atom stereocenters. The zero-order valence-corrected chi connectivity index (χ0v) is 10.00. The Hall–Kier alpha value is -1.62. The van der Waals surface area contributed by atoms with E-state index in [2.05, 4.69) is 15.3 Å². The normalized spacial score (nSPS) is 11.1. The largest absolute Gasteiger partial charge is 0.437 e.